The van der Waals surface area contributed by atoms with Crippen molar-refractivity contribution in [1.82, 2.24) is 4.90 Å². The van der Waals surface area contributed by atoms with Crippen LogP contribution in [0.1, 0.15) is 12.8 Å². The summed E-state index contributed by atoms with van der Waals surface area (Å²) in [6.45, 7) is -3.05. The van der Waals surface area contributed by atoms with Gasteiger partial charge in [0.15, 0.2) is 18.4 Å². The number of carbonyl (C=O) groups is 2. The Labute approximate surface area is 213 Å². The van der Waals surface area contributed by atoms with Gasteiger partial charge in [-0.05, 0) is 6.42 Å². The lowest BCUT2D eigenvalue weighted by Crippen LogP contribution is -2.65. The maximum atomic E-state index is 13.3. The molecule has 2 heterocycles. The Hall–Kier alpha value is -1.70. The van der Waals surface area contributed by atoms with E-state index in [-0.39, 0.29) is 23.9 Å². The third-order valence-electron chi connectivity index (χ3n) is 6.67. The van der Waals surface area contributed by atoms with Gasteiger partial charge in [0.25, 0.3) is 5.79 Å². The first-order valence-corrected chi connectivity index (χ1v) is 11.7. The normalized spacial score (nSPS) is 37.3. The van der Waals surface area contributed by atoms with E-state index in [4.69, 9.17) is 14.2 Å². The molecule has 0 spiro atoms. The first kappa shape index (κ1) is 31.5. The average Bonchev–Trinajstić information content (AvgIpc) is 3.07. The van der Waals surface area contributed by atoms with Crippen LogP contribution in [0.4, 0.5) is 4.79 Å². The molecule has 0 bridgehead atoms. The van der Waals surface area contributed by atoms with E-state index in [1.165, 1.54) is 0 Å². The van der Waals surface area contributed by atoms with Crippen molar-refractivity contribution < 1.29 is 74.2 Å². The number of hydrogen-bond acceptors (Lipinski definition) is 13. The molecule has 0 saturated carbocycles. The van der Waals surface area contributed by atoms with Gasteiger partial charge in [0.2, 0.25) is 0 Å². The van der Waals surface area contributed by atoms with Crippen LogP contribution in [0.25, 0.3) is 0 Å². The van der Waals surface area contributed by atoms with Crippen molar-refractivity contribution in [3.8, 4) is 0 Å². The van der Waals surface area contributed by atoms with Crippen molar-refractivity contribution in [2.75, 3.05) is 47.5 Å². The summed E-state index contributed by atoms with van der Waals surface area (Å²) < 4.78 is 15.9. The number of hydrogen-bond donors (Lipinski definition) is 9. The fourth-order valence-electron chi connectivity index (χ4n) is 4.42. The third kappa shape index (κ3) is 6.66. The molecular weight excluding hydrogens is 504 g/mol. The predicted molar refractivity (Wildman–Crippen MR) is 119 cm³/mol. The van der Waals surface area contributed by atoms with Crippen molar-refractivity contribution in [2.24, 2.45) is 0 Å². The summed E-state index contributed by atoms with van der Waals surface area (Å²) in [6.07, 6.45) is -15.1. The molecule has 0 aromatic rings. The van der Waals surface area contributed by atoms with Crippen molar-refractivity contribution in [3.05, 3.63) is 0 Å². The molecule has 16 nitrogen and oxygen atoms in total. The van der Waals surface area contributed by atoms with E-state index in [9.17, 15) is 55.5 Å². The lowest BCUT2D eigenvalue weighted by atomic mass is 9.97. The standard InChI is InChI=1S/C21H38N2O14/c1-23(2,3)10(19(32)33)5-4-6-22(18-16(30)15(29)13(27)11(7-24)35-18)20(34)37-21(9-26)17(31)14(28)12(8-25)36-21/h10-18,24-31H,4-9H2,1-3H3/p+1/t10?,11-,12-,13-,14-,15+,16-,17+,18+,21-/m1/s1. The van der Waals surface area contributed by atoms with E-state index in [1.807, 2.05) is 0 Å². The molecule has 2 fully saturated rings. The lowest BCUT2D eigenvalue weighted by Gasteiger charge is -2.45. The smallest absolute Gasteiger partial charge is 0.414 e. The minimum Gasteiger partial charge on any atom is -0.477 e. The number of carboxylic acid groups (broad SMARTS) is 1. The van der Waals surface area contributed by atoms with Gasteiger partial charge >= 0.3 is 12.1 Å². The van der Waals surface area contributed by atoms with Gasteiger partial charge in [-0.25, -0.2) is 9.59 Å². The number of carboxylic acids is 1. The van der Waals surface area contributed by atoms with Gasteiger partial charge in [-0.15, -0.1) is 0 Å². The number of amides is 1. The zero-order valence-corrected chi connectivity index (χ0v) is 20.9. The highest BCUT2D eigenvalue weighted by Crippen LogP contribution is 2.34. The Morgan fingerprint density at radius 2 is 1.54 bits per heavy atom. The van der Waals surface area contributed by atoms with Gasteiger partial charge in [0.1, 0.15) is 43.2 Å². The summed E-state index contributed by atoms with van der Waals surface area (Å²) in [5.41, 5.74) is 0. The maximum Gasteiger partial charge on any atom is 0.414 e. The second kappa shape index (κ2) is 12.4. The quantitative estimate of drug-likeness (QED) is 0.111. The molecule has 1 unspecified atom stereocenters. The van der Waals surface area contributed by atoms with Gasteiger partial charge in [-0.1, -0.05) is 0 Å². The summed E-state index contributed by atoms with van der Waals surface area (Å²) in [4.78, 5) is 25.7. The Morgan fingerprint density at radius 1 is 0.946 bits per heavy atom. The SMILES string of the molecule is C[N+](C)(C)C(CCCN(C(=O)O[C@@]1(CO)O[C@H](CO)[C@@H](O)[C@@H]1O)[C@H]1O[C@H](CO)[C@@H](O)[C@H](O)[C@H]1O)C(=O)O. The highest BCUT2D eigenvalue weighted by atomic mass is 16.8. The van der Waals surface area contributed by atoms with Crippen LogP contribution in [0.5, 0.6) is 0 Å². The number of aliphatic hydroxyl groups excluding tert-OH is 8. The first-order chi connectivity index (χ1) is 17.1. The van der Waals surface area contributed by atoms with Crippen LogP contribution >= 0.6 is 0 Å². The summed E-state index contributed by atoms with van der Waals surface area (Å²) in [5, 5.41) is 89.5. The maximum absolute atomic E-state index is 13.3. The van der Waals surface area contributed by atoms with Gasteiger partial charge < -0.3 is 64.7 Å². The van der Waals surface area contributed by atoms with E-state index in [0.29, 0.717) is 0 Å². The number of aliphatic hydroxyl groups is 8. The Morgan fingerprint density at radius 3 is 2.00 bits per heavy atom. The number of quaternary nitrogens is 1. The number of carbonyl (C=O) groups excluding carboxylic acids is 1. The highest BCUT2D eigenvalue weighted by Gasteiger charge is 2.58. The van der Waals surface area contributed by atoms with Crippen LogP contribution in [0.3, 0.4) is 0 Å². The van der Waals surface area contributed by atoms with Crippen LogP contribution in [0, 0.1) is 0 Å². The van der Waals surface area contributed by atoms with E-state index in [2.05, 4.69) is 0 Å². The topological polar surface area (TPSA) is 247 Å². The molecule has 2 aliphatic rings. The highest BCUT2D eigenvalue weighted by molar-refractivity contribution is 5.72. The van der Waals surface area contributed by atoms with Crippen LogP contribution < -0.4 is 0 Å². The number of aliphatic carboxylic acids is 1. The fraction of sp³-hybridized carbons (Fsp3) is 0.905. The van der Waals surface area contributed by atoms with E-state index in [0.717, 1.165) is 4.90 Å². The molecule has 0 aromatic carbocycles. The van der Waals surface area contributed by atoms with Crippen LogP contribution in [-0.2, 0) is 19.0 Å². The van der Waals surface area contributed by atoms with Crippen molar-refractivity contribution >= 4 is 12.1 Å². The van der Waals surface area contributed by atoms with E-state index < -0.39 is 92.7 Å². The molecule has 0 aromatic heterocycles. The number of ether oxygens (including phenoxy) is 3. The van der Waals surface area contributed by atoms with Crippen molar-refractivity contribution in [2.45, 2.75) is 73.6 Å². The number of likely N-dealkylation sites (N-methyl/N-ethyl adjacent to an activating group) is 1. The molecule has 37 heavy (non-hydrogen) atoms. The molecule has 2 aliphatic heterocycles. The summed E-state index contributed by atoms with van der Waals surface area (Å²) in [7, 11) is 4.99. The second-order valence-electron chi connectivity index (χ2n) is 10.1. The van der Waals surface area contributed by atoms with Crippen molar-refractivity contribution in [3.63, 3.8) is 0 Å². The largest absolute Gasteiger partial charge is 0.477 e. The molecule has 2 saturated heterocycles. The number of nitrogens with zero attached hydrogens (tertiary/aromatic N) is 2. The molecule has 9 N–H and O–H groups in total. The predicted octanol–water partition coefficient (Wildman–Crippen LogP) is -5.03. The second-order valence-corrected chi connectivity index (χ2v) is 10.1. The average molecular weight is 544 g/mol. The van der Waals surface area contributed by atoms with E-state index >= 15 is 0 Å². The summed E-state index contributed by atoms with van der Waals surface area (Å²) in [5.74, 6) is -3.61. The van der Waals surface area contributed by atoms with Gasteiger partial charge in [0.05, 0.1) is 34.4 Å². The first-order valence-electron chi connectivity index (χ1n) is 11.7. The van der Waals surface area contributed by atoms with Crippen LogP contribution in [0.15, 0.2) is 0 Å². The van der Waals surface area contributed by atoms with Gasteiger partial charge in [0, 0.05) is 13.0 Å². The fourth-order valence-corrected chi connectivity index (χ4v) is 4.42. The van der Waals surface area contributed by atoms with Gasteiger partial charge in [-0.3, -0.25) is 4.90 Å². The minimum absolute atomic E-state index is 0.00797. The van der Waals surface area contributed by atoms with Crippen LogP contribution in [0.2, 0.25) is 0 Å². The molecule has 1 amide bonds. The minimum atomic E-state index is -2.51. The monoisotopic (exact) mass is 543 g/mol. The lowest BCUT2D eigenvalue weighted by molar-refractivity contribution is -0.887. The summed E-state index contributed by atoms with van der Waals surface area (Å²) in [6, 6.07) is -0.892. The molecular formula is C21H39N2O14+. The Bertz CT molecular complexity index is 779. The van der Waals surface area contributed by atoms with Crippen molar-refractivity contribution in [1.29, 1.82) is 0 Å². The van der Waals surface area contributed by atoms with E-state index in [1.54, 1.807) is 21.1 Å². The molecule has 10 atom stereocenters. The summed E-state index contributed by atoms with van der Waals surface area (Å²) >= 11 is 0. The number of rotatable bonds is 11. The Balaban J connectivity index is 2.33. The molecule has 16 heteroatoms. The van der Waals surface area contributed by atoms with Crippen LogP contribution in [-0.4, -0.2) is 176 Å². The molecule has 0 aliphatic carbocycles. The molecule has 0 radical (unpaired) electrons. The Kier molecular flexibility index (Phi) is 10.6. The zero-order chi connectivity index (χ0) is 28.3. The molecule has 2 rings (SSSR count). The third-order valence-corrected chi connectivity index (χ3v) is 6.67. The van der Waals surface area contributed by atoms with Gasteiger partial charge in [-0.2, -0.15) is 0 Å². The molecule has 216 valence electrons. The zero-order valence-electron chi connectivity index (χ0n) is 20.9.